The molecule has 3 aliphatic heterocycles. The molecule has 4 amide bonds. The lowest BCUT2D eigenvalue weighted by atomic mass is 9.93. The van der Waals surface area contributed by atoms with E-state index in [2.05, 4.69) is 15.5 Å². The normalized spacial score (nSPS) is 19.8. The Hall–Kier alpha value is -3.40. The molecular weight excluding hydrogens is 446 g/mol. The van der Waals surface area contributed by atoms with Gasteiger partial charge in [0.25, 0.3) is 0 Å². The van der Waals surface area contributed by atoms with E-state index in [1.807, 2.05) is 47.9 Å². The summed E-state index contributed by atoms with van der Waals surface area (Å²) in [6, 6.07) is 7.41. The number of fused-ring (bicyclic) bond motifs is 3. The molecule has 0 spiro atoms. The van der Waals surface area contributed by atoms with Crippen LogP contribution in [0.4, 0.5) is 21.1 Å². The van der Waals surface area contributed by atoms with Crippen LogP contribution < -0.4 is 15.5 Å². The number of ether oxygens (including phenoxy) is 1. The molecule has 0 radical (unpaired) electrons. The van der Waals surface area contributed by atoms with Gasteiger partial charge in [0.2, 0.25) is 0 Å². The van der Waals surface area contributed by atoms with E-state index in [0.717, 1.165) is 61.7 Å². The smallest absolute Gasteiger partial charge is 0.320 e. The number of hydrogen-bond donors (Lipinski definition) is 2. The summed E-state index contributed by atoms with van der Waals surface area (Å²) in [5.74, 6) is 1.60. The Bertz CT molecular complexity index is 1090. The number of hydrogen-bond acceptors (Lipinski definition) is 6. The molecular formula is C25H33N7O3. The van der Waals surface area contributed by atoms with Gasteiger partial charge in [0.1, 0.15) is 5.82 Å². The number of nitrogens with zero attached hydrogens (tertiary/aromatic N) is 5. The van der Waals surface area contributed by atoms with Gasteiger partial charge in [0, 0.05) is 56.1 Å². The SMILES string of the molecule is CCNC(=O)Nc1ccc(-c2nc3c(c(N4CCOCC4)n2)CCN2C(=O)N(CC)CCC32)cc1. The largest absolute Gasteiger partial charge is 0.378 e. The highest BCUT2D eigenvalue weighted by Gasteiger charge is 2.40. The Kier molecular flexibility index (Phi) is 6.72. The maximum absolute atomic E-state index is 13.1. The summed E-state index contributed by atoms with van der Waals surface area (Å²) < 4.78 is 5.58. The van der Waals surface area contributed by atoms with Crippen LogP contribution in [0.1, 0.15) is 37.6 Å². The van der Waals surface area contributed by atoms with Crippen molar-refractivity contribution in [3.8, 4) is 11.4 Å². The highest BCUT2D eigenvalue weighted by Crippen LogP contribution is 2.39. The summed E-state index contributed by atoms with van der Waals surface area (Å²) in [6.07, 6.45) is 1.61. The second-order valence-electron chi connectivity index (χ2n) is 9.01. The molecule has 3 aliphatic rings. The zero-order chi connectivity index (χ0) is 24.4. The quantitative estimate of drug-likeness (QED) is 0.684. The minimum Gasteiger partial charge on any atom is -0.378 e. The number of amides is 4. The van der Waals surface area contributed by atoms with Gasteiger partial charge in [-0.1, -0.05) is 0 Å². The zero-order valence-corrected chi connectivity index (χ0v) is 20.4. The minimum atomic E-state index is -0.233. The number of anilines is 2. The molecule has 0 aliphatic carbocycles. The average Bonchev–Trinajstić information content (AvgIpc) is 2.89. The van der Waals surface area contributed by atoms with Gasteiger partial charge in [0.05, 0.1) is 24.9 Å². The van der Waals surface area contributed by atoms with Crippen LogP contribution in [-0.2, 0) is 11.2 Å². The first-order valence-corrected chi connectivity index (χ1v) is 12.5. The number of morpholine rings is 1. The Morgan fingerprint density at radius 1 is 1.09 bits per heavy atom. The van der Waals surface area contributed by atoms with Gasteiger partial charge in [-0.25, -0.2) is 19.6 Å². The van der Waals surface area contributed by atoms with E-state index in [4.69, 9.17) is 14.7 Å². The van der Waals surface area contributed by atoms with Crippen LogP contribution in [-0.4, -0.2) is 84.3 Å². The molecule has 1 atom stereocenters. The van der Waals surface area contributed by atoms with Crippen molar-refractivity contribution in [1.29, 1.82) is 0 Å². The van der Waals surface area contributed by atoms with Crippen LogP contribution >= 0.6 is 0 Å². The Balaban J connectivity index is 1.51. The third-order valence-electron chi connectivity index (χ3n) is 6.93. The first-order chi connectivity index (χ1) is 17.1. The highest BCUT2D eigenvalue weighted by atomic mass is 16.5. The fourth-order valence-electron chi connectivity index (χ4n) is 5.11. The lowest BCUT2D eigenvalue weighted by molar-refractivity contribution is 0.0935. The molecule has 4 heterocycles. The van der Waals surface area contributed by atoms with E-state index >= 15 is 0 Å². The Morgan fingerprint density at radius 3 is 2.57 bits per heavy atom. The maximum atomic E-state index is 13.1. The molecule has 1 aromatic heterocycles. The lowest BCUT2D eigenvalue weighted by Gasteiger charge is -2.44. The molecule has 2 aromatic rings. The van der Waals surface area contributed by atoms with Gasteiger partial charge < -0.3 is 30.1 Å². The summed E-state index contributed by atoms with van der Waals surface area (Å²) in [4.78, 5) is 41.2. The van der Waals surface area contributed by atoms with E-state index < -0.39 is 0 Å². The van der Waals surface area contributed by atoms with Crippen molar-refractivity contribution in [3.63, 3.8) is 0 Å². The molecule has 0 bridgehead atoms. The maximum Gasteiger partial charge on any atom is 0.320 e. The van der Waals surface area contributed by atoms with E-state index in [1.54, 1.807) is 0 Å². The van der Waals surface area contributed by atoms with Crippen molar-refractivity contribution in [3.05, 3.63) is 35.5 Å². The fourth-order valence-corrected chi connectivity index (χ4v) is 5.11. The summed E-state index contributed by atoms with van der Waals surface area (Å²) in [7, 11) is 0. The predicted molar refractivity (Wildman–Crippen MR) is 134 cm³/mol. The Morgan fingerprint density at radius 2 is 1.86 bits per heavy atom. The Labute approximate surface area is 205 Å². The highest BCUT2D eigenvalue weighted by molar-refractivity contribution is 5.89. The fraction of sp³-hybridized carbons (Fsp3) is 0.520. The summed E-state index contributed by atoms with van der Waals surface area (Å²) in [6.45, 7) is 9.54. The number of rotatable bonds is 5. The van der Waals surface area contributed by atoms with Gasteiger partial charge in [-0.05, 0) is 51.0 Å². The molecule has 1 aromatic carbocycles. The van der Waals surface area contributed by atoms with Gasteiger partial charge in [-0.3, -0.25) is 0 Å². The van der Waals surface area contributed by atoms with Gasteiger partial charge in [0.15, 0.2) is 5.82 Å². The molecule has 186 valence electrons. The van der Waals surface area contributed by atoms with E-state index in [0.29, 0.717) is 37.8 Å². The van der Waals surface area contributed by atoms with Crippen LogP contribution in [0.5, 0.6) is 0 Å². The van der Waals surface area contributed by atoms with Crippen molar-refractivity contribution in [1.82, 2.24) is 25.1 Å². The molecule has 0 saturated carbocycles. The van der Waals surface area contributed by atoms with E-state index in [1.165, 1.54) is 0 Å². The number of urea groups is 2. The number of nitrogens with one attached hydrogen (secondary N) is 2. The number of carbonyl (C=O) groups excluding carboxylic acids is 2. The molecule has 10 nitrogen and oxygen atoms in total. The van der Waals surface area contributed by atoms with Crippen LogP contribution in [0, 0.1) is 0 Å². The van der Waals surface area contributed by atoms with Gasteiger partial charge in [-0.2, -0.15) is 0 Å². The van der Waals surface area contributed by atoms with E-state index in [9.17, 15) is 9.59 Å². The third kappa shape index (κ3) is 4.62. The molecule has 5 rings (SSSR count). The van der Waals surface area contributed by atoms with Crippen LogP contribution in [0.25, 0.3) is 11.4 Å². The van der Waals surface area contributed by atoms with Crippen molar-refractivity contribution in [2.24, 2.45) is 0 Å². The monoisotopic (exact) mass is 479 g/mol. The van der Waals surface area contributed by atoms with Crippen molar-refractivity contribution in [2.45, 2.75) is 32.7 Å². The second kappa shape index (κ2) is 10.1. The molecule has 2 N–H and O–H groups in total. The summed E-state index contributed by atoms with van der Waals surface area (Å²) >= 11 is 0. The van der Waals surface area contributed by atoms with Crippen LogP contribution in [0.2, 0.25) is 0 Å². The van der Waals surface area contributed by atoms with Crippen molar-refractivity contribution < 1.29 is 14.3 Å². The van der Waals surface area contributed by atoms with Gasteiger partial charge >= 0.3 is 12.1 Å². The first kappa shape index (κ1) is 23.3. The molecule has 35 heavy (non-hydrogen) atoms. The average molecular weight is 480 g/mol. The molecule has 1 unspecified atom stereocenters. The summed E-state index contributed by atoms with van der Waals surface area (Å²) in [5, 5.41) is 5.55. The molecule has 2 fully saturated rings. The first-order valence-electron chi connectivity index (χ1n) is 12.5. The molecule has 10 heteroatoms. The third-order valence-corrected chi connectivity index (χ3v) is 6.93. The summed E-state index contributed by atoms with van der Waals surface area (Å²) in [5.41, 5.74) is 3.70. The number of benzene rings is 1. The van der Waals surface area contributed by atoms with Crippen LogP contribution in [0.15, 0.2) is 24.3 Å². The van der Waals surface area contributed by atoms with Gasteiger partial charge in [-0.15, -0.1) is 0 Å². The van der Waals surface area contributed by atoms with Crippen LogP contribution in [0.3, 0.4) is 0 Å². The second-order valence-corrected chi connectivity index (χ2v) is 9.01. The standard InChI is InChI=1S/C25H33N7O3/c1-3-26-24(33)27-18-7-5-17(6-8-18)22-28-21-19(23(29-22)31-13-15-35-16-14-31)9-12-32-20(21)10-11-30(4-2)25(32)34/h5-8,20H,3-4,9-16H2,1-2H3,(H2,26,27,33). The predicted octanol–water partition coefficient (Wildman–Crippen LogP) is 2.87. The van der Waals surface area contributed by atoms with Crippen molar-refractivity contribution >= 4 is 23.6 Å². The number of aromatic nitrogens is 2. The van der Waals surface area contributed by atoms with Crippen molar-refractivity contribution in [2.75, 3.05) is 62.7 Å². The number of carbonyl (C=O) groups is 2. The minimum absolute atomic E-state index is 0.0331. The lowest BCUT2D eigenvalue weighted by Crippen LogP contribution is -2.53. The topological polar surface area (TPSA) is 103 Å². The zero-order valence-electron chi connectivity index (χ0n) is 20.4. The molecule has 2 saturated heterocycles. The van der Waals surface area contributed by atoms with E-state index in [-0.39, 0.29) is 18.1 Å².